The van der Waals surface area contributed by atoms with Gasteiger partial charge >= 0.3 is 0 Å². The lowest BCUT2D eigenvalue weighted by atomic mass is 9.94. The van der Waals surface area contributed by atoms with Crippen LogP contribution < -0.4 is 10.1 Å². The van der Waals surface area contributed by atoms with Crippen molar-refractivity contribution in [3.05, 3.63) is 50.1 Å². The van der Waals surface area contributed by atoms with E-state index < -0.39 is 0 Å². The molecule has 1 aliphatic heterocycles. The fourth-order valence-corrected chi connectivity index (χ4v) is 4.77. The van der Waals surface area contributed by atoms with Gasteiger partial charge in [0, 0.05) is 28.4 Å². The summed E-state index contributed by atoms with van der Waals surface area (Å²) in [4.78, 5) is 1.57. The van der Waals surface area contributed by atoms with E-state index in [0.717, 1.165) is 23.2 Å². The molecule has 0 fully saturated rings. The van der Waals surface area contributed by atoms with Gasteiger partial charge in [0.05, 0.1) is 0 Å². The van der Waals surface area contributed by atoms with E-state index in [4.69, 9.17) is 4.74 Å². The van der Waals surface area contributed by atoms with E-state index in [0.29, 0.717) is 6.04 Å². The van der Waals surface area contributed by atoms with Crippen molar-refractivity contribution < 1.29 is 4.74 Å². The van der Waals surface area contributed by atoms with Crippen LogP contribution in [0.2, 0.25) is 0 Å². The topological polar surface area (TPSA) is 21.3 Å². The minimum Gasteiger partial charge on any atom is -0.488 e. The van der Waals surface area contributed by atoms with Crippen molar-refractivity contribution in [2.75, 3.05) is 6.54 Å². The molecule has 4 rings (SSSR count). The van der Waals surface area contributed by atoms with Crippen LogP contribution >= 0.6 is 27.3 Å². The van der Waals surface area contributed by atoms with Crippen molar-refractivity contribution >= 4 is 27.3 Å². The molecule has 2 aliphatic rings. The van der Waals surface area contributed by atoms with Crippen molar-refractivity contribution in [2.45, 2.75) is 37.8 Å². The number of benzene rings is 1. The van der Waals surface area contributed by atoms with E-state index in [2.05, 4.69) is 44.8 Å². The van der Waals surface area contributed by atoms with Gasteiger partial charge in [0.2, 0.25) is 0 Å². The fraction of sp³-hybridized carbons (Fsp3) is 0.412. The Hall–Kier alpha value is -0.840. The van der Waals surface area contributed by atoms with E-state index in [1.165, 1.54) is 30.4 Å². The van der Waals surface area contributed by atoms with Crippen LogP contribution in [-0.2, 0) is 12.8 Å². The summed E-state index contributed by atoms with van der Waals surface area (Å²) >= 11 is 5.43. The molecule has 0 saturated heterocycles. The third kappa shape index (κ3) is 2.77. The van der Waals surface area contributed by atoms with Crippen molar-refractivity contribution in [2.24, 2.45) is 0 Å². The number of halogens is 1. The molecular formula is C17H18BrNOS. The molecule has 21 heavy (non-hydrogen) atoms. The molecule has 4 heteroatoms. The lowest BCUT2D eigenvalue weighted by Gasteiger charge is -2.25. The summed E-state index contributed by atoms with van der Waals surface area (Å²) in [6, 6.07) is 9.09. The normalized spacial score (nSPS) is 23.5. The molecule has 1 aromatic carbocycles. The van der Waals surface area contributed by atoms with Crippen LogP contribution in [0.25, 0.3) is 0 Å². The van der Waals surface area contributed by atoms with Gasteiger partial charge in [-0.1, -0.05) is 15.9 Å². The second-order valence-electron chi connectivity index (χ2n) is 5.85. The van der Waals surface area contributed by atoms with Crippen LogP contribution in [0, 0.1) is 0 Å². The van der Waals surface area contributed by atoms with Crippen molar-refractivity contribution in [3.8, 4) is 5.75 Å². The summed E-state index contributed by atoms with van der Waals surface area (Å²) in [5.74, 6) is 1.05. The van der Waals surface area contributed by atoms with Crippen LogP contribution in [0.4, 0.5) is 0 Å². The largest absolute Gasteiger partial charge is 0.488 e. The number of rotatable bonds is 3. The minimum atomic E-state index is 0.262. The van der Waals surface area contributed by atoms with Gasteiger partial charge in [-0.2, -0.15) is 0 Å². The lowest BCUT2D eigenvalue weighted by Crippen LogP contribution is -2.34. The molecule has 0 radical (unpaired) electrons. The maximum atomic E-state index is 6.04. The lowest BCUT2D eigenvalue weighted by molar-refractivity contribution is 0.219. The summed E-state index contributed by atoms with van der Waals surface area (Å²) in [6.07, 6.45) is 5.06. The molecule has 2 aromatic rings. The van der Waals surface area contributed by atoms with E-state index in [1.807, 2.05) is 17.4 Å². The summed E-state index contributed by atoms with van der Waals surface area (Å²) < 4.78 is 7.17. The Labute approximate surface area is 137 Å². The Bertz CT molecular complexity index is 654. The van der Waals surface area contributed by atoms with E-state index >= 15 is 0 Å². The first kappa shape index (κ1) is 13.8. The molecular weight excluding hydrogens is 346 g/mol. The number of hydrogen-bond acceptors (Lipinski definition) is 3. The first-order chi connectivity index (χ1) is 10.3. The van der Waals surface area contributed by atoms with Gasteiger partial charge in [-0.15, -0.1) is 11.3 Å². The molecule has 2 unspecified atom stereocenters. The van der Waals surface area contributed by atoms with Crippen LogP contribution in [0.3, 0.4) is 0 Å². The van der Waals surface area contributed by atoms with Crippen molar-refractivity contribution in [3.63, 3.8) is 0 Å². The summed E-state index contributed by atoms with van der Waals surface area (Å²) in [5, 5.41) is 5.95. The van der Waals surface area contributed by atoms with E-state index in [9.17, 15) is 0 Å². The highest BCUT2D eigenvalue weighted by Gasteiger charge is 2.26. The molecule has 0 amide bonds. The minimum absolute atomic E-state index is 0.262. The molecule has 110 valence electrons. The average molecular weight is 364 g/mol. The van der Waals surface area contributed by atoms with Crippen LogP contribution in [-0.4, -0.2) is 12.6 Å². The monoisotopic (exact) mass is 363 g/mol. The first-order valence-electron chi connectivity index (χ1n) is 7.54. The zero-order valence-electron chi connectivity index (χ0n) is 11.8. The van der Waals surface area contributed by atoms with Crippen LogP contribution in [0.5, 0.6) is 5.75 Å². The van der Waals surface area contributed by atoms with Gasteiger partial charge < -0.3 is 10.1 Å². The SMILES string of the molecule is Brc1ccc2c(c1)CC(CNC1CCCc3sccc31)O2. The zero-order valence-corrected chi connectivity index (χ0v) is 14.2. The fourth-order valence-electron chi connectivity index (χ4n) is 3.38. The summed E-state index contributed by atoms with van der Waals surface area (Å²) in [7, 11) is 0. The highest BCUT2D eigenvalue weighted by atomic mass is 79.9. The van der Waals surface area contributed by atoms with E-state index in [-0.39, 0.29) is 6.10 Å². The highest BCUT2D eigenvalue weighted by Crippen LogP contribution is 2.34. The predicted octanol–water partition coefficient (Wildman–Crippen LogP) is 4.48. The molecule has 0 spiro atoms. The Morgan fingerprint density at radius 3 is 3.24 bits per heavy atom. The molecule has 0 bridgehead atoms. The molecule has 2 nitrogen and oxygen atoms in total. The van der Waals surface area contributed by atoms with E-state index in [1.54, 1.807) is 4.88 Å². The average Bonchev–Trinajstić information content (AvgIpc) is 3.10. The maximum absolute atomic E-state index is 6.04. The number of aryl methyl sites for hydroxylation is 1. The maximum Gasteiger partial charge on any atom is 0.123 e. The summed E-state index contributed by atoms with van der Waals surface area (Å²) in [5.41, 5.74) is 2.83. The predicted molar refractivity (Wildman–Crippen MR) is 90.3 cm³/mol. The van der Waals surface area contributed by atoms with Gasteiger partial charge in [-0.05, 0) is 60.0 Å². The Morgan fingerprint density at radius 1 is 1.33 bits per heavy atom. The number of nitrogens with one attached hydrogen (secondary N) is 1. The first-order valence-corrected chi connectivity index (χ1v) is 9.21. The van der Waals surface area contributed by atoms with Crippen molar-refractivity contribution in [1.29, 1.82) is 0 Å². The van der Waals surface area contributed by atoms with Gasteiger partial charge in [-0.25, -0.2) is 0 Å². The molecule has 0 saturated carbocycles. The quantitative estimate of drug-likeness (QED) is 0.867. The Morgan fingerprint density at radius 2 is 2.29 bits per heavy atom. The standard InChI is InChI=1S/C17H18BrNOS/c18-12-4-5-16-11(8-12)9-13(20-16)10-19-15-2-1-3-17-14(15)6-7-21-17/h4-8,13,15,19H,1-3,9-10H2. The molecule has 1 N–H and O–H groups in total. The number of fused-ring (bicyclic) bond motifs is 2. The number of thiophene rings is 1. The molecule has 1 aromatic heterocycles. The van der Waals surface area contributed by atoms with Crippen LogP contribution in [0.15, 0.2) is 34.1 Å². The van der Waals surface area contributed by atoms with Crippen molar-refractivity contribution in [1.82, 2.24) is 5.32 Å². The second kappa shape index (κ2) is 5.75. The number of hydrogen-bond donors (Lipinski definition) is 1. The van der Waals surface area contributed by atoms with Gasteiger partial charge in [0.25, 0.3) is 0 Å². The zero-order chi connectivity index (χ0) is 14.2. The van der Waals surface area contributed by atoms with Gasteiger partial charge in [-0.3, -0.25) is 0 Å². The van der Waals surface area contributed by atoms with Gasteiger partial charge in [0.1, 0.15) is 11.9 Å². The molecule has 2 atom stereocenters. The number of ether oxygens (including phenoxy) is 1. The third-order valence-electron chi connectivity index (χ3n) is 4.41. The smallest absolute Gasteiger partial charge is 0.123 e. The second-order valence-corrected chi connectivity index (χ2v) is 7.76. The summed E-state index contributed by atoms with van der Waals surface area (Å²) in [6.45, 7) is 0.923. The Balaban J connectivity index is 1.39. The molecule has 2 heterocycles. The highest BCUT2D eigenvalue weighted by molar-refractivity contribution is 9.10. The molecule has 1 aliphatic carbocycles. The van der Waals surface area contributed by atoms with Gasteiger partial charge in [0.15, 0.2) is 0 Å². The Kier molecular flexibility index (Phi) is 3.78. The third-order valence-corrected chi connectivity index (χ3v) is 5.90. The van der Waals surface area contributed by atoms with Crippen LogP contribution in [0.1, 0.15) is 34.9 Å².